The summed E-state index contributed by atoms with van der Waals surface area (Å²) in [5.41, 5.74) is 0. The molecule has 0 aliphatic heterocycles. The van der Waals surface area contributed by atoms with Crippen LogP contribution in [0.1, 0.15) is 361 Å². The third-order valence-electron chi connectivity index (χ3n) is 15.4. The van der Waals surface area contributed by atoms with Crippen LogP contribution in [0.25, 0.3) is 0 Å². The first-order valence-corrected chi connectivity index (χ1v) is 34.9. The Bertz CT molecular complexity index is 1470. The number of esters is 3. The van der Waals surface area contributed by atoms with E-state index in [0.29, 0.717) is 19.3 Å². The van der Waals surface area contributed by atoms with E-state index >= 15 is 0 Å². The van der Waals surface area contributed by atoms with Gasteiger partial charge >= 0.3 is 17.9 Å². The maximum atomic E-state index is 12.9. The fraction of sp³-hybridized carbons (Fsp3) is 0.797. The quantitative estimate of drug-likeness (QED) is 0.0261. The van der Waals surface area contributed by atoms with Gasteiger partial charge in [0.1, 0.15) is 13.2 Å². The van der Waals surface area contributed by atoms with E-state index in [2.05, 4.69) is 93.7 Å². The van der Waals surface area contributed by atoms with Crippen molar-refractivity contribution in [2.24, 2.45) is 0 Å². The Balaban J connectivity index is 4.27. The molecule has 0 fully saturated rings. The average molecular weight is 1120 g/mol. The van der Waals surface area contributed by atoms with Crippen LogP contribution in [0.2, 0.25) is 0 Å². The molecule has 0 saturated heterocycles. The Morgan fingerprint density at radius 3 is 0.787 bits per heavy atom. The fourth-order valence-corrected chi connectivity index (χ4v) is 10.2. The highest BCUT2D eigenvalue weighted by atomic mass is 16.6. The van der Waals surface area contributed by atoms with E-state index in [9.17, 15) is 14.4 Å². The van der Waals surface area contributed by atoms with Gasteiger partial charge in [0.25, 0.3) is 0 Å². The SMILES string of the molecule is CC/C=C\C/C=C\C/C=C\C/C=C\CCCCCCC(=O)OC(COC(=O)CCCCCCCCC/C=C\C/C=C\CCCCC)COC(=O)CCCCCCCCCCCCCCCCCCCCCCCCCCCCCC. The van der Waals surface area contributed by atoms with Crippen LogP contribution in [-0.2, 0) is 28.6 Å². The van der Waals surface area contributed by atoms with Crippen LogP contribution in [0.5, 0.6) is 0 Å². The molecule has 0 saturated carbocycles. The van der Waals surface area contributed by atoms with Crippen molar-refractivity contribution in [2.75, 3.05) is 13.2 Å². The molecule has 0 N–H and O–H groups in total. The topological polar surface area (TPSA) is 78.9 Å². The zero-order valence-electron chi connectivity index (χ0n) is 53.3. The fourth-order valence-electron chi connectivity index (χ4n) is 10.2. The van der Waals surface area contributed by atoms with Crippen molar-refractivity contribution < 1.29 is 28.6 Å². The highest BCUT2D eigenvalue weighted by Gasteiger charge is 2.19. The molecule has 0 amide bonds. The second-order valence-corrected chi connectivity index (χ2v) is 23.4. The van der Waals surface area contributed by atoms with Crippen LogP contribution >= 0.6 is 0 Å². The summed E-state index contributed by atoms with van der Waals surface area (Å²) >= 11 is 0. The minimum absolute atomic E-state index is 0.0851. The van der Waals surface area contributed by atoms with Crippen LogP contribution in [0, 0.1) is 0 Å². The van der Waals surface area contributed by atoms with Gasteiger partial charge in [-0.25, -0.2) is 0 Å². The molecule has 0 aliphatic rings. The van der Waals surface area contributed by atoms with Gasteiger partial charge in [0.2, 0.25) is 0 Å². The molecule has 6 heteroatoms. The summed E-state index contributed by atoms with van der Waals surface area (Å²) in [6, 6.07) is 0. The lowest BCUT2D eigenvalue weighted by Gasteiger charge is -2.18. The summed E-state index contributed by atoms with van der Waals surface area (Å²) in [6.45, 7) is 6.53. The highest BCUT2D eigenvalue weighted by molar-refractivity contribution is 5.71. The van der Waals surface area contributed by atoms with E-state index in [1.165, 1.54) is 212 Å². The van der Waals surface area contributed by atoms with E-state index in [1.54, 1.807) is 0 Å². The maximum absolute atomic E-state index is 12.9. The van der Waals surface area contributed by atoms with Gasteiger partial charge in [0, 0.05) is 19.3 Å². The van der Waals surface area contributed by atoms with Crippen LogP contribution < -0.4 is 0 Å². The number of carbonyl (C=O) groups is 3. The van der Waals surface area contributed by atoms with Crippen molar-refractivity contribution in [1.82, 2.24) is 0 Å². The summed E-state index contributed by atoms with van der Waals surface area (Å²) in [5, 5.41) is 0. The van der Waals surface area contributed by atoms with Crippen molar-refractivity contribution in [3.05, 3.63) is 72.9 Å². The molecule has 0 rings (SSSR count). The minimum Gasteiger partial charge on any atom is -0.462 e. The molecule has 1 atom stereocenters. The van der Waals surface area contributed by atoms with Crippen molar-refractivity contribution in [3.8, 4) is 0 Å². The molecule has 0 aromatic heterocycles. The molecule has 0 spiro atoms. The van der Waals surface area contributed by atoms with Crippen LogP contribution in [0.3, 0.4) is 0 Å². The summed E-state index contributed by atoms with van der Waals surface area (Å²) in [5.74, 6) is -0.898. The number of ether oxygens (including phenoxy) is 3. The van der Waals surface area contributed by atoms with E-state index < -0.39 is 6.10 Å². The standard InChI is InChI=1S/C74H132O6/c1-4-7-10-13-16-19-22-25-28-31-32-33-34-35-36-37-38-39-40-41-44-46-49-52-55-58-61-64-67-73(76)79-70-71(80-74(77)68-65-62-59-56-53-50-47-43-30-27-24-21-18-15-12-9-6-3)69-78-72(75)66-63-60-57-54-51-48-45-42-29-26-23-20-17-14-11-8-5-2/h9,12,17-18,20-21,26-27,29-30,47,50,71H,4-8,10-11,13-16,19,22-25,28,31-46,48-49,51-70H2,1-3H3/b12-9-,20-17-,21-18-,29-26-,30-27-,50-47-. The molecule has 6 nitrogen and oxygen atoms in total. The van der Waals surface area contributed by atoms with Crippen molar-refractivity contribution in [1.29, 1.82) is 0 Å². The molecular weight excluding hydrogens is 985 g/mol. The molecular formula is C74H132O6. The summed E-state index contributed by atoms with van der Waals surface area (Å²) < 4.78 is 17.0. The largest absolute Gasteiger partial charge is 0.462 e. The predicted octanol–water partition coefficient (Wildman–Crippen LogP) is 24.1. The van der Waals surface area contributed by atoms with Gasteiger partial charge in [-0.15, -0.1) is 0 Å². The van der Waals surface area contributed by atoms with E-state index in [1.807, 2.05) is 0 Å². The second kappa shape index (κ2) is 68.3. The molecule has 0 heterocycles. The number of hydrogen-bond donors (Lipinski definition) is 0. The second-order valence-electron chi connectivity index (χ2n) is 23.4. The van der Waals surface area contributed by atoms with Gasteiger partial charge in [0.15, 0.2) is 6.10 Å². The molecule has 464 valence electrons. The first-order chi connectivity index (χ1) is 39.5. The zero-order chi connectivity index (χ0) is 57.8. The molecule has 80 heavy (non-hydrogen) atoms. The zero-order valence-corrected chi connectivity index (χ0v) is 53.3. The van der Waals surface area contributed by atoms with Gasteiger partial charge in [-0.1, -0.05) is 325 Å². The summed E-state index contributed by atoms with van der Waals surface area (Å²) in [7, 11) is 0. The highest BCUT2D eigenvalue weighted by Crippen LogP contribution is 2.18. The third kappa shape index (κ3) is 65.7. The summed E-state index contributed by atoms with van der Waals surface area (Å²) in [6.07, 6.45) is 89.3. The van der Waals surface area contributed by atoms with Gasteiger partial charge in [-0.2, -0.15) is 0 Å². The van der Waals surface area contributed by atoms with Gasteiger partial charge in [-0.05, 0) is 89.9 Å². The third-order valence-corrected chi connectivity index (χ3v) is 15.4. The molecule has 0 aromatic rings. The first-order valence-electron chi connectivity index (χ1n) is 34.9. The molecule has 0 aromatic carbocycles. The Morgan fingerprint density at radius 2 is 0.487 bits per heavy atom. The van der Waals surface area contributed by atoms with E-state index in [0.717, 1.165) is 109 Å². The van der Waals surface area contributed by atoms with Crippen molar-refractivity contribution in [3.63, 3.8) is 0 Å². The van der Waals surface area contributed by atoms with Crippen LogP contribution in [0.4, 0.5) is 0 Å². The molecule has 0 radical (unpaired) electrons. The predicted molar refractivity (Wildman–Crippen MR) is 348 cm³/mol. The first kappa shape index (κ1) is 76.9. The lowest BCUT2D eigenvalue weighted by atomic mass is 10.0. The van der Waals surface area contributed by atoms with Gasteiger partial charge < -0.3 is 14.2 Å². The maximum Gasteiger partial charge on any atom is 0.306 e. The Hall–Kier alpha value is -3.15. The van der Waals surface area contributed by atoms with Gasteiger partial charge in [-0.3, -0.25) is 14.4 Å². The Morgan fingerprint density at radius 1 is 0.263 bits per heavy atom. The number of carbonyl (C=O) groups excluding carboxylic acids is 3. The minimum atomic E-state index is -0.793. The van der Waals surface area contributed by atoms with Gasteiger partial charge in [0.05, 0.1) is 0 Å². The van der Waals surface area contributed by atoms with Crippen LogP contribution in [-0.4, -0.2) is 37.2 Å². The smallest absolute Gasteiger partial charge is 0.306 e. The summed E-state index contributed by atoms with van der Waals surface area (Å²) in [4.78, 5) is 38.4. The van der Waals surface area contributed by atoms with Crippen molar-refractivity contribution >= 4 is 17.9 Å². The normalized spacial score (nSPS) is 12.5. The number of rotatable bonds is 64. The van der Waals surface area contributed by atoms with Crippen LogP contribution in [0.15, 0.2) is 72.9 Å². The molecule has 1 unspecified atom stereocenters. The Labute approximate surface area is 497 Å². The monoisotopic (exact) mass is 1120 g/mol. The van der Waals surface area contributed by atoms with Crippen molar-refractivity contribution in [2.45, 2.75) is 367 Å². The number of hydrogen-bond acceptors (Lipinski definition) is 6. The number of unbranched alkanes of at least 4 members (excludes halogenated alkanes) is 41. The molecule has 0 bridgehead atoms. The molecule has 0 aliphatic carbocycles. The average Bonchev–Trinajstić information content (AvgIpc) is 3.46. The van der Waals surface area contributed by atoms with E-state index in [4.69, 9.17) is 14.2 Å². The Kier molecular flexibility index (Phi) is 65.7. The number of allylic oxidation sites excluding steroid dienone is 12. The van der Waals surface area contributed by atoms with E-state index in [-0.39, 0.29) is 31.1 Å². The lowest BCUT2D eigenvalue weighted by molar-refractivity contribution is -0.167. The lowest BCUT2D eigenvalue weighted by Crippen LogP contribution is -2.30.